The summed E-state index contributed by atoms with van der Waals surface area (Å²) in [6, 6.07) is 0.181. The molecule has 0 saturated carbocycles. The minimum absolute atomic E-state index is 0.181. The van der Waals surface area contributed by atoms with E-state index >= 15 is 0 Å². The molecular formula is C9H16N2O3. The van der Waals surface area contributed by atoms with Crippen LogP contribution in [0.2, 0.25) is 0 Å². The van der Waals surface area contributed by atoms with Crippen molar-refractivity contribution in [2.75, 3.05) is 19.7 Å². The zero-order valence-corrected chi connectivity index (χ0v) is 8.44. The summed E-state index contributed by atoms with van der Waals surface area (Å²) in [7, 11) is 0. The van der Waals surface area contributed by atoms with Gasteiger partial charge in [-0.25, -0.2) is 4.79 Å². The molecule has 0 radical (unpaired) electrons. The fourth-order valence-electron chi connectivity index (χ4n) is 1.68. The average molecular weight is 200 g/mol. The maximum Gasteiger partial charge on any atom is 0.470 e. The van der Waals surface area contributed by atoms with Crippen LogP contribution in [0.4, 0.5) is 4.79 Å². The molecule has 0 aromatic rings. The molecule has 0 bridgehead atoms. The van der Waals surface area contributed by atoms with Crippen LogP contribution in [-0.4, -0.2) is 36.7 Å². The van der Waals surface area contributed by atoms with Gasteiger partial charge >= 0.3 is 6.09 Å². The second kappa shape index (κ2) is 5.70. The number of hydrogen-bond donors (Lipinski definition) is 0. The van der Waals surface area contributed by atoms with Gasteiger partial charge in [-0.2, -0.15) is 0 Å². The number of carbonyl (C=O) groups is 1. The quantitative estimate of drug-likeness (QED) is 0.651. The minimum atomic E-state index is -1.02. The number of amides is 1. The molecule has 0 aromatic heterocycles. The summed E-state index contributed by atoms with van der Waals surface area (Å²) in [5.41, 5.74) is 0. The van der Waals surface area contributed by atoms with E-state index in [2.05, 4.69) is 14.8 Å². The van der Waals surface area contributed by atoms with Crippen LogP contribution in [0.1, 0.15) is 26.2 Å². The first kappa shape index (κ1) is 11.1. The molecule has 1 atom stereocenters. The lowest BCUT2D eigenvalue weighted by atomic mass is 10.1. The number of likely N-dealkylation sites (tertiary alicyclic amines) is 1. The van der Waals surface area contributed by atoms with Crippen molar-refractivity contribution in [3.05, 3.63) is 4.91 Å². The van der Waals surface area contributed by atoms with E-state index in [1.54, 1.807) is 0 Å². The number of nitrogens with zero attached hydrogens (tertiary/aromatic N) is 2. The van der Waals surface area contributed by atoms with Gasteiger partial charge in [0.05, 0.1) is 5.18 Å². The first-order valence-corrected chi connectivity index (χ1v) is 4.98. The van der Waals surface area contributed by atoms with E-state index < -0.39 is 6.09 Å². The van der Waals surface area contributed by atoms with Crippen LogP contribution in [0.3, 0.4) is 0 Å². The van der Waals surface area contributed by atoms with E-state index in [1.165, 1.54) is 19.3 Å². The second-order valence-electron chi connectivity index (χ2n) is 3.61. The molecule has 1 fully saturated rings. The van der Waals surface area contributed by atoms with Crippen LogP contribution >= 0.6 is 0 Å². The summed E-state index contributed by atoms with van der Waals surface area (Å²) in [6.07, 6.45) is 2.65. The van der Waals surface area contributed by atoms with Gasteiger partial charge in [-0.05, 0) is 32.9 Å². The maximum atomic E-state index is 10.5. The summed E-state index contributed by atoms with van der Waals surface area (Å²) in [4.78, 5) is 22.5. The van der Waals surface area contributed by atoms with Gasteiger partial charge in [0.1, 0.15) is 6.61 Å². The van der Waals surface area contributed by atoms with Gasteiger partial charge < -0.3 is 4.74 Å². The molecule has 14 heavy (non-hydrogen) atoms. The highest BCUT2D eigenvalue weighted by Crippen LogP contribution is 2.12. The highest BCUT2D eigenvalue weighted by molar-refractivity contribution is 5.67. The van der Waals surface area contributed by atoms with Crippen LogP contribution in [-0.2, 0) is 4.74 Å². The fourth-order valence-corrected chi connectivity index (χ4v) is 1.68. The smallest absolute Gasteiger partial charge is 0.444 e. The molecule has 0 spiro atoms. The van der Waals surface area contributed by atoms with E-state index in [-0.39, 0.29) is 12.6 Å². The fraction of sp³-hybridized carbons (Fsp3) is 0.889. The van der Waals surface area contributed by atoms with E-state index in [0.717, 1.165) is 13.1 Å². The Morgan fingerprint density at radius 3 is 2.64 bits per heavy atom. The van der Waals surface area contributed by atoms with Gasteiger partial charge in [-0.1, -0.05) is 6.42 Å². The number of ether oxygens (including phenoxy) is 1. The lowest BCUT2D eigenvalue weighted by Crippen LogP contribution is -2.40. The van der Waals surface area contributed by atoms with E-state index in [4.69, 9.17) is 0 Å². The molecule has 80 valence electrons. The van der Waals surface area contributed by atoms with E-state index in [0.29, 0.717) is 0 Å². The Hall–Kier alpha value is -0.970. The summed E-state index contributed by atoms with van der Waals surface area (Å²) < 4.78 is 4.65. The Labute approximate surface area is 83.4 Å². The lowest BCUT2D eigenvalue weighted by molar-refractivity contribution is 0.0913. The molecule has 5 nitrogen and oxygen atoms in total. The molecule has 1 unspecified atom stereocenters. The minimum Gasteiger partial charge on any atom is -0.444 e. The van der Waals surface area contributed by atoms with Crippen LogP contribution < -0.4 is 0 Å². The van der Waals surface area contributed by atoms with Crippen molar-refractivity contribution in [1.82, 2.24) is 4.90 Å². The molecule has 1 heterocycles. The predicted octanol–water partition coefficient (Wildman–Crippen LogP) is 1.76. The van der Waals surface area contributed by atoms with Crippen LogP contribution in [0, 0.1) is 4.91 Å². The van der Waals surface area contributed by atoms with Crippen molar-refractivity contribution < 1.29 is 9.53 Å². The molecular weight excluding hydrogens is 184 g/mol. The van der Waals surface area contributed by atoms with Crippen molar-refractivity contribution in [1.29, 1.82) is 0 Å². The average Bonchev–Trinajstić information content (AvgIpc) is 2.26. The third-order valence-electron chi connectivity index (χ3n) is 2.54. The molecule has 0 aliphatic carbocycles. The highest BCUT2D eigenvalue weighted by atomic mass is 16.6. The monoisotopic (exact) mass is 200 g/mol. The SMILES string of the molecule is CC(COC(=O)N=O)N1CCCCC1. The number of rotatable bonds is 3. The number of hydrogen-bond acceptors (Lipinski definition) is 4. The third kappa shape index (κ3) is 3.41. The lowest BCUT2D eigenvalue weighted by Gasteiger charge is -2.31. The Morgan fingerprint density at radius 1 is 1.43 bits per heavy atom. The molecule has 5 heteroatoms. The summed E-state index contributed by atoms with van der Waals surface area (Å²) >= 11 is 0. The Kier molecular flexibility index (Phi) is 4.52. The van der Waals surface area contributed by atoms with Crippen molar-refractivity contribution in [3.8, 4) is 0 Å². The predicted molar refractivity (Wildman–Crippen MR) is 52.0 cm³/mol. The molecule has 0 aromatic carbocycles. The largest absolute Gasteiger partial charge is 0.470 e. The van der Waals surface area contributed by atoms with Crippen molar-refractivity contribution >= 4 is 6.09 Å². The van der Waals surface area contributed by atoms with Gasteiger partial charge in [0.25, 0.3) is 0 Å². The second-order valence-corrected chi connectivity index (χ2v) is 3.61. The summed E-state index contributed by atoms with van der Waals surface area (Å²) in [6.45, 7) is 4.34. The zero-order chi connectivity index (χ0) is 10.4. The standard InChI is InChI=1S/C9H16N2O3/c1-8(7-14-9(12)10-13)11-5-3-2-4-6-11/h8H,2-7H2,1H3. The highest BCUT2D eigenvalue weighted by Gasteiger charge is 2.17. The van der Waals surface area contributed by atoms with Gasteiger partial charge in [0.15, 0.2) is 0 Å². The first-order chi connectivity index (χ1) is 6.74. The molecule has 1 saturated heterocycles. The topological polar surface area (TPSA) is 59.0 Å². The number of carbonyl (C=O) groups excluding carboxylic acids is 1. The maximum absolute atomic E-state index is 10.5. The Balaban J connectivity index is 2.22. The van der Waals surface area contributed by atoms with Crippen LogP contribution in [0.15, 0.2) is 5.18 Å². The number of piperidine rings is 1. The van der Waals surface area contributed by atoms with Crippen molar-refractivity contribution in [2.24, 2.45) is 5.18 Å². The molecule has 1 rings (SSSR count). The van der Waals surface area contributed by atoms with Gasteiger partial charge in [-0.15, -0.1) is 4.91 Å². The molecule has 1 aliphatic rings. The Bertz CT molecular complexity index is 202. The van der Waals surface area contributed by atoms with E-state index in [1.807, 2.05) is 6.92 Å². The normalized spacial score (nSPS) is 20.1. The first-order valence-electron chi connectivity index (χ1n) is 4.98. The van der Waals surface area contributed by atoms with Gasteiger partial charge in [0, 0.05) is 6.04 Å². The van der Waals surface area contributed by atoms with Gasteiger partial charge in [-0.3, -0.25) is 4.90 Å². The summed E-state index contributed by atoms with van der Waals surface area (Å²) in [5.74, 6) is 0. The Morgan fingerprint density at radius 2 is 2.07 bits per heavy atom. The van der Waals surface area contributed by atoms with E-state index in [9.17, 15) is 9.70 Å². The number of nitroso groups, excluding NO2 is 1. The van der Waals surface area contributed by atoms with Crippen LogP contribution in [0.5, 0.6) is 0 Å². The molecule has 0 N–H and O–H groups in total. The van der Waals surface area contributed by atoms with Crippen LogP contribution in [0.25, 0.3) is 0 Å². The molecule has 1 aliphatic heterocycles. The summed E-state index contributed by atoms with van der Waals surface area (Å²) in [5, 5.41) is 2.18. The van der Waals surface area contributed by atoms with Gasteiger partial charge in [0.2, 0.25) is 0 Å². The molecule has 1 amide bonds. The third-order valence-corrected chi connectivity index (χ3v) is 2.54. The van der Waals surface area contributed by atoms with Crippen molar-refractivity contribution in [3.63, 3.8) is 0 Å². The van der Waals surface area contributed by atoms with Crippen molar-refractivity contribution in [2.45, 2.75) is 32.2 Å². The zero-order valence-electron chi connectivity index (χ0n) is 8.44.